The molecule has 1 rings (SSSR count). The zero-order valence-electron chi connectivity index (χ0n) is 6.42. The van der Waals surface area contributed by atoms with Crippen molar-refractivity contribution in [3.63, 3.8) is 0 Å². The Bertz CT molecular complexity index is 178. The summed E-state index contributed by atoms with van der Waals surface area (Å²) in [7, 11) is 0. The minimum absolute atomic E-state index is 1.77. The first-order chi connectivity index (χ1) is 5.95. The Kier molecular flexibility index (Phi) is 3.14. The zero-order chi connectivity index (χ0) is 10.2. The summed E-state index contributed by atoms with van der Waals surface area (Å²) in [5.41, 5.74) is 0. The van der Waals surface area contributed by atoms with Crippen LogP contribution in [0.5, 0.6) is 0 Å². The van der Waals surface area contributed by atoms with Gasteiger partial charge >= 0.3 is 0 Å². The van der Waals surface area contributed by atoms with E-state index in [1.54, 1.807) is 0 Å². The van der Waals surface area contributed by atoms with E-state index in [9.17, 15) is 8.78 Å². The van der Waals surface area contributed by atoms with Crippen LogP contribution in [0.2, 0.25) is 0 Å². The summed E-state index contributed by atoms with van der Waals surface area (Å²) in [6, 6.07) is 0. The predicted molar refractivity (Wildman–Crippen MR) is 34.9 cm³/mol. The number of ether oxygens (including phenoxy) is 1. The van der Waals surface area contributed by atoms with E-state index in [0.29, 0.717) is 0 Å². The Morgan fingerprint density at radius 2 is 1.46 bits per heavy atom. The Labute approximate surface area is 72.2 Å². The van der Waals surface area contributed by atoms with Crippen LogP contribution in [0.4, 0.5) is 8.78 Å². The molecule has 1 fully saturated rings. The smallest absolute Gasteiger partial charge is 0.267 e. The van der Waals surface area contributed by atoms with Gasteiger partial charge in [-0.2, -0.15) is 0 Å². The first-order valence-electron chi connectivity index (χ1n) is 3.61. The van der Waals surface area contributed by atoms with Crippen molar-refractivity contribution in [3.05, 3.63) is 0 Å². The minimum atomic E-state index is -3.04. The largest absolute Gasteiger partial charge is 0.387 e. The van der Waals surface area contributed by atoms with Crippen molar-refractivity contribution in [2.24, 2.45) is 0 Å². The molecule has 0 saturated carbocycles. The highest BCUT2D eigenvalue weighted by atomic mass is 19.3. The first-order valence-corrected chi connectivity index (χ1v) is 3.61. The maximum Gasteiger partial charge on any atom is 0.267 e. The zero-order valence-corrected chi connectivity index (χ0v) is 6.42. The molecule has 78 valence electrons. The van der Waals surface area contributed by atoms with Gasteiger partial charge < -0.3 is 25.2 Å². The highest BCUT2D eigenvalue weighted by molar-refractivity contribution is 4.89. The van der Waals surface area contributed by atoms with Gasteiger partial charge in [-0.15, -0.1) is 0 Å². The summed E-state index contributed by atoms with van der Waals surface area (Å²) in [6.45, 7) is 0. The van der Waals surface area contributed by atoms with Crippen LogP contribution in [-0.2, 0) is 4.74 Å². The molecule has 4 N–H and O–H groups in total. The molecule has 0 bridgehead atoms. The van der Waals surface area contributed by atoms with Gasteiger partial charge in [0.05, 0.1) is 0 Å². The van der Waals surface area contributed by atoms with Crippen molar-refractivity contribution in [1.82, 2.24) is 0 Å². The lowest BCUT2D eigenvalue weighted by atomic mass is 9.99. The van der Waals surface area contributed by atoms with Gasteiger partial charge in [0.2, 0.25) is 0 Å². The molecule has 1 aliphatic heterocycles. The summed E-state index contributed by atoms with van der Waals surface area (Å²) in [5, 5.41) is 35.6. The molecule has 13 heavy (non-hydrogen) atoms. The van der Waals surface area contributed by atoms with E-state index in [-0.39, 0.29) is 0 Å². The van der Waals surface area contributed by atoms with Crippen LogP contribution >= 0.6 is 0 Å². The fraction of sp³-hybridized carbons (Fsp3) is 1.00. The highest BCUT2D eigenvalue weighted by Gasteiger charge is 2.46. The van der Waals surface area contributed by atoms with E-state index in [1.165, 1.54) is 0 Å². The van der Waals surface area contributed by atoms with E-state index in [0.717, 1.165) is 0 Å². The maximum atomic E-state index is 12.1. The Hall–Kier alpha value is -0.340. The number of hydrogen-bond acceptors (Lipinski definition) is 5. The Morgan fingerprint density at radius 3 is 1.92 bits per heavy atom. The summed E-state index contributed by atoms with van der Waals surface area (Å²) < 4.78 is 28.3. The van der Waals surface area contributed by atoms with Crippen LogP contribution < -0.4 is 0 Å². The van der Waals surface area contributed by atoms with Crippen molar-refractivity contribution in [3.8, 4) is 0 Å². The standard InChI is InChI=1S/C6H10F2O5/c7-5(8)4-2(10)1(9)3(11)6(12)13-4/h1-6,9-12H/t1?,2-,3?,4?,6?/m1/s1. The first kappa shape index (κ1) is 10.7. The van der Waals surface area contributed by atoms with Gasteiger partial charge in [0, 0.05) is 0 Å². The van der Waals surface area contributed by atoms with Gasteiger partial charge in [0.1, 0.15) is 24.4 Å². The number of alkyl halides is 2. The molecular formula is C6H10F2O5. The quantitative estimate of drug-likeness (QED) is 0.395. The van der Waals surface area contributed by atoms with Crippen molar-refractivity contribution in [2.75, 3.05) is 0 Å². The summed E-state index contributed by atoms with van der Waals surface area (Å²) in [5.74, 6) is 0. The lowest BCUT2D eigenvalue weighted by Gasteiger charge is -2.37. The second-order valence-corrected chi connectivity index (χ2v) is 2.80. The second-order valence-electron chi connectivity index (χ2n) is 2.80. The Balaban J connectivity index is 2.70. The fourth-order valence-corrected chi connectivity index (χ4v) is 1.10. The van der Waals surface area contributed by atoms with E-state index in [2.05, 4.69) is 4.74 Å². The molecule has 4 unspecified atom stereocenters. The van der Waals surface area contributed by atoms with Gasteiger partial charge in [-0.3, -0.25) is 0 Å². The monoisotopic (exact) mass is 200 g/mol. The number of rotatable bonds is 1. The van der Waals surface area contributed by atoms with Crippen LogP contribution in [0.1, 0.15) is 0 Å². The molecule has 1 aliphatic rings. The lowest BCUT2D eigenvalue weighted by molar-refractivity contribution is -0.300. The van der Waals surface area contributed by atoms with Crippen molar-refractivity contribution in [2.45, 2.75) is 37.1 Å². The molecular weight excluding hydrogens is 190 g/mol. The molecule has 0 spiro atoms. The number of hydrogen-bond donors (Lipinski definition) is 4. The van der Waals surface area contributed by atoms with Crippen LogP contribution in [0.25, 0.3) is 0 Å². The average molecular weight is 200 g/mol. The van der Waals surface area contributed by atoms with Crippen LogP contribution in [-0.4, -0.2) is 57.6 Å². The third kappa shape index (κ3) is 1.94. The molecule has 1 saturated heterocycles. The predicted octanol–water partition coefficient (Wildman–Crippen LogP) is -1.95. The second kappa shape index (κ2) is 3.81. The maximum absolute atomic E-state index is 12.1. The third-order valence-corrected chi connectivity index (χ3v) is 1.87. The van der Waals surface area contributed by atoms with Crippen LogP contribution in [0, 0.1) is 0 Å². The molecule has 0 amide bonds. The van der Waals surface area contributed by atoms with Crippen molar-refractivity contribution >= 4 is 0 Å². The fourth-order valence-electron chi connectivity index (χ4n) is 1.10. The average Bonchev–Trinajstić information content (AvgIpc) is 2.07. The molecule has 5 nitrogen and oxygen atoms in total. The number of aliphatic hydroxyl groups excluding tert-OH is 4. The Morgan fingerprint density at radius 1 is 0.923 bits per heavy atom. The highest BCUT2D eigenvalue weighted by Crippen LogP contribution is 2.23. The van der Waals surface area contributed by atoms with Crippen LogP contribution in [0.15, 0.2) is 0 Å². The van der Waals surface area contributed by atoms with E-state index >= 15 is 0 Å². The molecule has 5 atom stereocenters. The van der Waals surface area contributed by atoms with Gasteiger partial charge in [-0.05, 0) is 0 Å². The molecule has 1 heterocycles. The summed E-state index contributed by atoms with van der Waals surface area (Å²) in [4.78, 5) is 0. The van der Waals surface area contributed by atoms with Gasteiger partial charge in [-0.1, -0.05) is 0 Å². The molecule has 0 aliphatic carbocycles. The molecule has 0 radical (unpaired) electrons. The van der Waals surface area contributed by atoms with E-state index in [4.69, 9.17) is 20.4 Å². The van der Waals surface area contributed by atoms with Gasteiger partial charge in [-0.25, -0.2) is 8.78 Å². The number of aliphatic hydroxyl groups is 4. The normalized spacial score (nSPS) is 46.8. The van der Waals surface area contributed by atoms with E-state index < -0.39 is 37.1 Å². The summed E-state index contributed by atoms with van der Waals surface area (Å²) >= 11 is 0. The van der Waals surface area contributed by atoms with Crippen LogP contribution in [0.3, 0.4) is 0 Å². The molecule has 0 aromatic heterocycles. The minimum Gasteiger partial charge on any atom is -0.387 e. The molecule has 0 aromatic rings. The molecule has 0 aromatic carbocycles. The van der Waals surface area contributed by atoms with Crippen molar-refractivity contribution < 1.29 is 33.9 Å². The summed E-state index contributed by atoms with van der Waals surface area (Å²) in [6.07, 6.45) is -12.4. The number of halogens is 2. The third-order valence-electron chi connectivity index (χ3n) is 1.87. The van der Waals surface area contributed by atoms with Crippen molar-refractivity contribution in [1.29, 1.82) is 0 Å². The lowest BCUT2D eigenvalue weighted by Crippen LogP contribution is -2.59. The van der Waals surface area contributed by atoms with Gasteiger partial charge in [0.15, 0.2) is 6.29 Å². The topological polar surface area (TPSA) is 90.2 Å². The molecule has 7 heteroatoms. The van der Waals surface area contributed by atoms with Gasteiger partial charge in [0.25, 0.3) is 6.43 Å². The van der Waals surface area contributed by atoms with E-state index in [1.807, 2.05) is 0 Å². The SMILES string of the molecule is OC1OC(C(F)F)[C@H](O)C(O)C1O.